The summed E-state index contributed by atoms with van der Waals surface area (Å²) in [6.07, 6.45) is 2.02. The van der Waals surface area contributed by atoms with Gasteiger partial charge in [-0.1, -0.05) is 13.0 Å². The van der Waals surface area contributed by atoms with Crippen molar-refractivity contribution in [1.29, 1.82) is 0 Å². The van der Waals surface area contributed by atoms with Crippen molar-refractivity contribution in [2.75, 3.05) is 19.0 Å². The summed E-state index contributed by atoms with van der Waals surface area (Å²) in [5.74, 6) is -0.724. The fraction of sp³-hybridized carbons (Fsp3) is 0.375. The highest BCUT2D eigenvalue weighted by Gasteiger charge is 2.14. The van der Waals surface area contributed by atoms with Crippen LogP contribution in [0.4, 0.5) is 10.5 Å². The molecule has 0 spiro atoms. The minimum absolute atomic E-state index is 0.228. The Morgan fingerprint density at radius 1 is 1.32 bits per heavy atom. The number of hydrogen-bond donors (Lipinski definition) is 2. The first-order valence-electron chi connectivity index (χ1n) is 7.26. The number of benzene rings is 1. The van der Waals surface area contributed by atoms with Gasteiger partial charge in [-0.05, 0) is 30.5 Å². The average Bonchev–Trinajstić information content (AvgIpc) is 2.94. The summed E-state index contributed by atoms with van der Waals surface area (Å²) in [7, 11) is 1.33. The number of ether oxygens (including phenoxy) is 1. The van der Waals surface area contributed by atoms with Gasteiger partial charge in [-0.2, -0.15) is 0 Å². The zero-order valence-corrected chi connectivity index (χ0v) is 13.1. The lowest BCUT2D eigenvalue weighted by atomic mass is 10.2. The molecule has 0 saturated carbocycles. The van der Waals surface area contributed by atoms with E-state index in [-0.39, 0.29) is 24.5 Å². The summed E-state index contributed by atoms with van der Waals surface area (Å²) < 4.78 is 6.72. The Morgan fingerprint density at radius 3 is 2.77 bits per heavy atom. The van der Waals surface area contributed by atoms with E-state index < -0.39 is 0 Å². The quantitative estimate of drug-likeness (QED) is 0.834. The molecular weight excluding hydrogens is 282 g/mol. The molecule has 2 rings (SSSR count). The molecular formula is C16H21N3O3. The lowest BCUT2D eigenvalue weighted by Crippen LogP contribution is -2.35. The molecule has 0 saturated heterocycles. The van der Waals surface area contributed by atoms with E-state index in [1.807, 2.05) is 30.5 Å². The van der Waals surface area contributed by atoms with Crippen molar-refractivity contribution in [3.63, 3.8) is 0 Å². The fourth-order valence-corrected chi connectivity index (χ4v) is 2.24. The number of rotatable bonds is 5. The molecule has 6 nitrogen and oxygen atoms in total. The highest BCUT2D eigenvalue weighted by molar-refractivity contribution is 5.93. The minimum atomic E-state index is -0.379. The minimum Gasteiger partial charge on any atom is -0.469 e. The molecule has 2 amide bonds. The Balaban J connectivity index is 1.98. The number of hydrogen-bond acceptors (Lipinski definition) is 3. The molecule has 0 radical (unpaired) electrons. The van der Waals surface area contributed by atoms with Crippen molar-refractivity contribution in [2.45, 2.75) is 20.4 Å². The second kappa shape index (κ2) is 6.98. The van der Waals surface area contributed by atoms with E-state index in [0.717, 1.165) is 17.4 Å². The molecule has 1 aromatic carbocycles. The van der Waals surface area contributed by atoms with Crippen LogP contribution in [0.25, 0.3) is 10.9 Å². The van der Waals surface area contributed by atoms with Crippen molar-refractivity contribution >= 4 is 28.6 Å². The molecule has 1 atom stereocenters. The smallest absolute Gasteiger partial charge is 0.319 e. The van der Waals surface area contributed by atoms with Gasteiger partial charge < -0.3 is 19.9 Å². The Morgan fingerprint density at radius 2 is 2.09 bits per heavy atom. The summed E-state index contributed by atoms with van der Waals surface area (Å²) >= 11 is 0. The van der Waals surface area contributed by atoms with Gasteiger partial charge in [0.15, 0.2) is 0 Å². The number of methoxy groups -OCH3 is 1. The molecule has 6 heteroatoms. The van der Waals surface area contributed by atoms with Crippen LogP contribution in [0.3, 0.4) is 0 Å². The van der Waals surface area contributed by atoms with Crippen LogP contribution in [0.2, 0.25) is 0 Å². The van der Waals surface area contributed by atoms with E-state index in [2.05, 4.69) is 26.9 Å². The average molecular weight is 303 g/mol. The molecule has 0 bridgehead atoms. The molecule has 22 heavy (non-hydrogen) atoms. The Labute approximate surface area is 129 Å². The highest BCUT2D eigenvalue weighted by Crippen LogP contribution is 2.20. The normalized spacial score (nSPS) is 12.0. The van der Waals surface area contributed by atoms with Crippen molar-refractivity contribution in [3.05, 3.63) is 30.5 Å². The number of fused-ring (bicyclic) bond motifs is 1. The number of carbonyl (C=O) groups excluding carboxylic acids is 2. The number of esters is 1. The van der Waals surface area contributed by atoms with E-state index >= 15 is 0 Å². The van der Waals surface area contributed by atoms with Crippen LogP contribution in [0.5, 0.6) is 0 Å². The maximum absolute atomic E-state index is 11.9. The van der Waals surface area contributed by atoms with Gasteiger partial charge in [0.2, 0.25) is 0 Å². The van der Waals surface area contributed by atoms with Gasteiger partial charge >= 0.3 is 12.0 Å². The Kier molecular flexibility index (Phi) is 5.04. The number of urea groups is 1. The largest absolute Gasteiger partial charge is 0.469 e. The van der Waals surface area contributed by atoms with Crippen molar-refractivity contribution < 1.29 is 14.3 Å². The van der Waals surface area contributed by atoms with Gasteiger partial charge in [0, 0.05) is 25.0 Å². The van der Waals surface area contributed by atoms with E-state index in [1.54, 1.807) is 6.92 Å². The Bertz CT molecular complexity index is 678. The predicted octanol–water partition coefficient (Wildman–Crippen LogP) is 2.59. The molecule has 1 heterocycles. The van der Waals surface area contributed by atoms with Crippen LogP contribution in [0.15, 0.2) is 30.5 Å². The number of amides is 2. The maximum atomic E-state index is 11.9. The standard InChI is InChI=1S/C16H21N3O3/c1-4-19-8-7-12-5-6-13(9-14(12)19)18-16(21)17-10-11(2)15(20)22-3/h5-9,11H,4,10H2,1-3H3,(H2,17,18,21)/t11-/m0/s1. The highest BCUT2D eigenvalue weighted by atomic mass is 16.5. The van der Waals surface area contributed by atoms with Gasteiger partial charge in [-0.3, -0.25) is 4.79 Å². The van der Waals surface area contributed by atoms with Gasteiger partial charge in [0.05, 0.1) is 18.5 Å². The van der Waals surface area contributed by atoms with E-state index in [4.69, 9.17) is 0 Å². The van der Waals surface area contributed by atoms with Crippen LogP contribution in [-0.2, 0) is 16.1 Å². The first kappa shape index (κ1) is 15.9. The van der Waals surface area contributed by atoms with E-state index in [1.165, 1.54) is 7.11 Å². The van der Waals surface area contributed by atoms with Crippen LogP contribution in [0.1, 0.15) is 13.8 Å². The van der Waals surface area contributed by atoms with Crippen LogP contribution >= 0.6 is 0 Å². The fourth-order valence-electron chi connectivity index (χ4n) is 2.24. The summed E-state index contributed by atoms with van der Waals surface area (Å²) in [5, 5.41) is 6.56. The zero-order valence-electron chi connectivity index (χ0n) is 13.1. The van der Waals surface area contributed by atoms with Crippen molar-refractivity contribution in [2.24, 2.45) is 5.92 Å². The number of aryl methyl sites for hydroxylation is 1. The Hall–Kier alpha value is -2.50. The molecule has 0 aliphatic heterocycles. The molecule has 0 aliphatic carbocycles. The first-order valence-corrected chi connectivity index (χ1v) is 7.26. The third-order valence-electron chi connectivity index (χ3n) is 3.54. The molecule has 0 aliphatic rings. The van der Waals surface area contributed by atoms with Gasteiger partial charge in [-0.15, -0.1) is 0 Å². The number of anilines is 1. The second-order valence-electron chi connectivity index (χ2n) is 5.13. The first-order chi connectivity index (χ1) is 10.5. The molecule has 2 aromatic rings. The number of carbonyl (C=O) groups is 2. The molecule has 0 fully saturated rings. The topological polar surface area (TPSA) is 72.4 Å². The lowest BCUT2D eigenvalue weighted by molar-refractivity contribution is -0.144. The molecule has 0 unspecified atom stereocenters. The lowest BCUT2D eigenvalue weighted by Gasteiger charge is -2.12. The second-order valence-corrected chi connectivity index (χ2v) is 5.13. The van der Waals surface area contributed by atoms with Crippen molar-refractivity contribution in [1.82, 2.24) is 9.88 Å². The molecule has 2 N–H and O–H groups in total. The summed E-state index contributed by atoms with van der Waals surface area (Å²) in [6, 6.07) is 7.45. The SMILES string of the molecule is CCn1ccc2ccc(NC(=O)NC[C@H](C)C(=O)OC)cc21. The third kappa shape index (κ3) is 3.58. The monoisotopic (exact) mass is 303 g/mol. The maximum Gasteiger partial charge on any atom is 0.319 e. The molecule has 1 aromatic heterocycles. The summed E-state index contributed by atoms with van der Waals surface area (Å²) in [6.45, 7) is 4.87. The van der Waals surface area contributed by atoms with Crippen LogP contribution in [-0.4, -0.2) is 30.2 Å². The van der Waals surface area contributed by atoms with Crippen LogP contribution < -0.4 is 10.6 Å². The third-order valence-corrected chi connectivity index (χ3v) is 3.54. The zero-order chi connectivity index (χ0) is 16.1. The summed E-state index contributed by atoms with van der Waals surface area (Å²) in [4.78, 5) is 23.1. The van der Waals surface area contributed by atoms with Gasteiger partial charge in [-0.25, -0.2) is 4.79 Å². The van der Waals surface area contributed by atoms with Gasteiger partial charge in [0.1, 0.15) is 0 Å². The van der Waals surface area contributed by atoms with Crippen LogP contribution in [0, 0.1) is 5.92 Å². The number of nitrogens with zero attached hydrogens (tertiary/aromatic N) is 1. The van der Waals surface area contributed by atoms with Crippen molar-refractivity contribution in [3.8, 4) is 0 Å². The summed E-state index contributed by atoms with van der Waals surface area (Å²) in [5.41, 5.74) is 1.78. The number of aromatic nitrogens is 1. The van der Waals surface area contributed by atoms with Gasteiger partial charge in [0.25, 0.3) is 0 Å². The molecule has 118 valence electrons. The number of nitrogens with one attached hydrogen (secondary N) is 2. The van der Waals surface area contributed by atoms with E-state index in [9.17, 15) is 9.59 Å². The van der Waals surface area contributed by atoms with E-state index in [0.29, 0.717) is 5.69 Å². The predicted molar refractivity (Wildman–Crippen MR) is 85.8 cm³/mol.